The van der Waals surface area contributed by atoms with Crippen molar-refractivity contribution in [3.63, 3.8) is 0 Å². The van der Waals surface area contributed by atoms with Gasteiger partial charge in [0.05, 0.1) is 19.3 Å². The number of fused-ring (bicyclic) bond motifs is 1. The summed E-state index contributed by atoms with van der Waals surface area (Å²) in [6.07, 6.45) is 9.64. The van der Waals surface area contributed by atoms with Crippen molar-refractivity contribution in [3.05, 3.63) is 41.1 Å². The Bertz CT molecular complexity index is 1260. The number of aromatic nitrogens is 1. The molecule has 3 fully saturated rings. The molecule has 12 heteroatoms. The van der Waals surface area contributed by atoms with Crippen molar-refractivity contribution >= 4 is 17.8 Å². The number of aliphatic hydroxyl groups is 2. The summed E-state index contributed by atoms with van der Waals surface area (Å²) in [5.41, 5.74) is 4.23. The van der Waals surface area contributed by atoms with E-state index in [1.807, 2.05) is 6.07 Å². The summed E-state index contributed by atoms with van der Waals surface area (Å²) in [6, 6.07) is 10.0. The van der Waals surface area contributed by atoms with Gasteiger partial charge in [-0.05, 0) is 55.7 Å². The summed E-state index contributed by atoms with van der Waals surface area (Å²) in [5, 5.41) is 40.5. The van der Waals surface area contributed by atoms with E-state index in [2.05, 4.69) is 33.6 Å². The van der Waals surface area contributed by atoms with Crippen molar-refractivity contribution in [2.45, 2.75) is 113 Å². The topological polar surface area (TPSA) is 183 Å². The van der Waals surface area contributed by atoms with Gasteiger partial charge >= 0.3 is 11.9 Å². The first-order chi connectivity index (χ1) is 21.2. The maximum absolute atomic E-state index is 13.7. The number of carbonyl (C=O) groups excluding carboxylic acids is 1. The number of carbonyl (C=O) groups is 3. The van der Waals surface area contributed by atoms with Crippen molar-refractivity contribution in [1.29, 1.82) is 0 Å². The average Bonchev–Trinajstić information content (AvgIpc) is 3.67. The summed E-state index contributed by atoms with van der Waals surface area (Å²) < 4.78 is 11.1. The molecule has 2 aromatic rings. The first kappa shape index (κ1) is 32.1. The third-order valence-corrected chi connectivity index (χ3v) is 9.29. The molecule has 1 amide bonds. The lowest BCUT2D eigenvalue weighted by atomic mass is 9.88. The minimum atomic E-state index is -2.27. The zero-order chi connectivity index (χ0) is 31.2. The number of carboxylic acids is 2. The molecule has 240 valence electrons. The van der Waals surface area contributed by atoms with E-state index in [0.717, 1.165) is 57.3 Å². The van der Waals surface area contributed by atoms with Crippen LogP contribution in [0.25, 0.3) is 11.3 Å². The molecular formula is C32H43N3O9. The molecule has 5 N–H and O–H groups in total. The van der Waals surface area contributed by atoms with Crippen LogP contribution in [0, 0.1) is 0 Å². The Hall–Kier alpha value is -3.32. The van der Waals surface area contributed by atoms with Gasteiger partial charge in [0, 0.05) is 29.8 Å². The third kappa shape index (κ3) is 7.48. The average molecular weight is 614 g/mol. The van der Waals surface area contributed by atoms with Crippen molar-refractivity contribution in [1.82, 2.24) is 15.4 Å². The molecule has 0 spiro atoms. The summed E-state index contributed by atoms with van der Waals surface area (Å²) in [5.74, 6) is -2.77. The van der Waals surface area contributed by atoms with Crippen LogP contribution in [0.2, 0.25) is 0 Å². The monoisotopic (exact) mass is 613 g/mol. The Labute approximate surface area is 256 Å². The van der Waals surface area contributed by atoms with Crippen LogP contribution in [0.1, 0.15) is 98.3 Å². The SMILES string of the molecule is O=C(O)[C@@H](O)[C@H](O)C(=O)O.O=C(c1cc(-c2ccc3c(c2)CCC3NC2COC2)on1)N(C1CCCCC1)C1CCCCC1. The molecular weight excluding hydrogens is 570 g/mol. The molecule has 1 saturated heterocycles. The number of aryl methyl sites for hydroxylation is 1. The van der Waals surface area contributed by atoms with Gasteiger partial charge in [-0.15, -0.1) is 0 Å². The molecule has 0 radical (unpaired) electrons. The van der Waals surface area contributed by atoms with Crippen LogP contribution in [0.3, 0.4) is 0 Å². The Morgan fingerprint density at radius 2 is 1.43 bits per heavy atom. The Balaban J connectivity index is 0.000000333. The van der Waals surface area contributed by atoms with E-state index in [1.54, 1.807) is 0 Å². The second-order valence-corrected chi connectivity index (χ2v) is 12.3. The van der Waals surface area contributed by atoms with Crippen molar-refractivity contribution < 1.29 is 44.1 Å². The Morgan fingerprint density at radius 3 is 1.95 bits per heavy atom. The van der Waals surface area contributed by atoms with E-state index in [-0.39, 0.29) is 5.91 Å². The Kier molecular flexibility index (Phi) is 10.7. The summed E-state index contributed by atoms with van der Waals surface area (Å²) in [4.78, 5) is 35.5. The van der Waals surface area contributed by atoms with Crippen LogP contribution in [0.15, 0.2) is 28.8 Å². The maximum Gasteiger partial charge on any atom is 0.335 e. The minimum absolute atomic E-state index is 0.0712. The van der Waals surface area contributed by atoms with Gasteiger partial charge < -0.3 is 39.9 Å². The highest BCUT2D eigenvalue weighted by molar-refractivity contribution is 5.93. The highest BCUT2D eigenvalue weighted by Gasteiger charge is 2.35. The number of aliphatic hydroxyl groups excluding tert-OH is 2. The van der Waals surface area contributed by atoms with Crippen LogP contribution in [-0.4, -0.2) is 91.9 Å². The van der Waals surface area contributed by atoms with Crippen molar-refractivity contribution in [2.24, 2.45) is 0 Å². The van der Waals surface area contributed by atoms with Crippen molar-refractivity contribution in [2.75, 3.05) is 13.2 Å². The number of nitrogens with one attached hydrogen (secondary N) is 1. The molecule has 44 heavy (non-hydrogen) atoms. The number of aliphatic carboxylic acids is 2. The first-order valence-corrected chi connectivity index (χ1v) is 15.8. The summed E-state index contributed by atoms with van der Waals surface area (Å²) in [7, 11) is 0. The molecule has 4 aliphatic rings. The predicted octanol–water partition coefficient (Wildman–Crippen LogP) is 3.30. The molecule has 6 rings (SSSR count). The van der Waals surface area contributed by atoms with Crippen molar-refractivity contribution in [3.8, 4) is 11.3 Å². The van der Waals surface area contributed by atoms with Gasteiger partial charge in [-0.25, -0.2) is 9.59 Å². The molecule has 1 aliphatic heterocycles. The highest BCUT2D eigenvalue weighted by Crippen LogP contribution is 2.36. The number of amides is 1. The standard InChI is InChI=1S/C28H37N3O3.C4H6O6/c32-28(31(22-7-3-1-4-8-22)23-9-5-2-6-10-23)26-16-27(34-30-26)20-11-13-24-19(15-20)12-14-25(24)29-21-17-33-18-21;5-1(3(7)8)2(6)4(9)10/h11,13,15-16,21-23,25,29H,1-10,12,14,17-18H2;1-2,5-6H,(H,7,8)(H,9,10)/t;1-,2-/m.0/s1. The van der Waals surface area contributed by atoms with Crippen LogP contribution in [-0.2, 0) is 20.7 Å². The number of ether oxygens (including phenoxy) is 1. The summed E-state index contributed by atoms with van der Waals surface area (Å²) in [6.45, 7) is 1.63. The lowest BCUT2D eigenvalue weighted by Crippen LogP contribution is -2.48. The van der Waals surface area contributed by atoms with E-state index in [1.165, 1.54) is 49.7 Å². The number of nitrogens with zero attached hydrogens (tertiary/aromatic N) is 2. The highest BCUT2D eigenvalue weighted by atomic mass is 16.5. The lowest BCUT2D eigenvalue weighted by Gasteiger charge is -2.41. The fourth-order valence-corrected chi connectivity index (χ4v) is 6.82. The number of rotatable bonds is 9. The molecule has 3 atom stereocenters. The molecule has 2 saturated carbocycles. The zero-order valence-electron chi connectivity index (χ0n) is 24.9. The van der Waals surface area contributed by atoms with Crippen LogP contribution in [0.5, 0.6) is 0 Å². The van der Waals surface area contributed by atoms with E-state index in [0.29, 0.717) is 35.6 Å². The normalized spacial score (nSPS) is 22.2. The zero-order valence-corrected chi connectivity index (χ0v) is 24.9. The molecule has 0 bridgehead atoms. The van der Waals surface area contributed by atoms with Crippen LogP contribution in [0.4, 0.5) is 0 Å². The number of carboxylic acid groups (broad SMARTS) is 2. The van der Waals surface area contributed by atoms with Gasteiger partial charge in [0.2, 0.25) is 0 Å². The van der Waals surface area contributed by atoms with Crippen LogP contribution >= 0.6 is 0 Å². The fourth-order valence-electron chi connectivity index (χ4n) is 6.82. The first-order valence-electron chi connectivity index (χ1n) is 15.8. The molecule has 3 aliphatic carbocycles. The van der Waals surface area contributed by atoms with Gasteiger partial charge in [0.25, 0.3) is 5.91 Å². The molecule has 1 aromatic carbocycles. The molecule has 1 aromatic heterocycles. The number of benzene rings is 1. The maximum atomic E-state index is 13.7. The van der Waals surface area contributed by atoms with Crippen LogP contribution < -0.4 is 5.32 Å². The predicted molar refractivity (Wildman–Crippen MR) is 158 cm³/mol. The quantitative estimate of drug-likeness (QED) is 0.280. The summed E-state index contributed by atoms with van der Waals surface area (Å²) >= 11 is 0. The van der Waals surface area contributed by atoms with Gasteiger partial charge in [-0.1, -0.05) is 55.8 Å². The van der Waals surface area contributed by atoms with E-state index >= 15 is 0 Å². The second kappa shape index (κ2) is 14.6. The van der Waals surface area contributed by atoms with E-state index < -0.39 is 24.1 Å². The fraction of sp³-hybridized carbons (Fsp3) is 0.625. The second-order valence-electron chi connectivity index (χ2n) is 12.3. The van der Waals surface area contributed by atoms with Gasteiger partial charge in [0.1, 0.15) is 0 Å². The number of hydrogen-bond donors (Lipinski definition) is 5. The number of hydrogen-bond acceptors (Lipinski definition) is 9. The molecule has 2 heterocycles. The molecule has 1 unspecified atom stereocenters. The van der Waals surface area contributed by atoms with Gasteiger partial charge in [0.15, 0.2) is 23.7 Å². The molecule has 12 nitrogen and oxygen atoms in total. The largest absolute Gasteiger partial charge is 0.479 e. The Morgan fingerprint density at radius 1 is 0.841 bits per heavy atom. The van der Waals surface area contributed by atoms with Gasteiger partial charge in [-0.2, -0.15) is 0 Å². The minimum Gasteiger partial charge on any atom is -0.479 e. The van der Waals surface area contributed by atoms with E-state index in [9.17, 15) is 14.4 Å². The third-order valence-electron chi connectivity index (χ3n) is 9.29. The smallest absolute Gasteiger partial charge is 0.335 e. The van der Waals surface area contributed by atoms with Gasteiger partial charge in [-0.3, -0.25) is 4.79 Å². The van der Waals surface area contributed by atoms with E-state index in [4.69, 9.17) is 29.7 Å². The lowest BCUT2D eigenvalue weighted by molar-refractivity contribution is -0.165.